The van der Waals surface area contributed by atoms with Crippen LogP contribution < -0.4 is 10.6 Å². The van der Waals surface area contributed by atoms with Gasteiger partial charge in [-0.15, -0.1) is 0 Å². The monoisotopic (exact) mass is 204 g/mol. The SMILES string of the molecule is [2H]C([2H])(C1CNc2ccccc21)[C@H]1CCCN1. The Morgan fingerprint density at radius 2 is 2.33 bits per heavy atom. The summed E-state index contributed by atoms with van der Waals surface area (Å²) in [6.07, 6.45) is 0.869. The average molecular weight is 204 g/mol. The number of rotatable bonds is 2. The topological polar surface area (TPSA) is 24.1 Å². The highest BCUT2D eigenvalue weighted by Gasteiger charge is 2.25. The van der Waals surface area contributed by atoms with Crippen molar-refractivity contribution in [1.29, 1.82) is 0 Å². The molecule has 2 heterocycles. The fourth-order valence-electron chi connectivity index (χ4n) is 2.50. The van der Waals surface area contributed by atoms with Crippen LogP contribution in [0.1, 0.15) is 33.4 Å². The highest BCUT2D eigenvalue weighted by molar-refractivity contribution is 5.57. The lowest BCUT2D eigenvalue weighted by molar-refractivity contribution is 0.509. The summed E-state index contributed by atoms with van der Waals surface area (Å²) in [5, 5.41) is 6.61. The van der Waals surface area contributed by atoms with E-state index in [9.17, 15) is 0 Å². The highest BCUT2D eigenvalue weighted by Crippen LogP contribution is 2.34. The van der Waals surface area contributed by atoms with E-state index < -0.39 is 6.37 Å². The van der Waals surface area contributed by atoms with Crippen LogP contribution in [0.15, 0.2) is 24.3 Å². The van der Waals surface area contributed by atoms with Crippen LogP contribution in [0.2, 0.25) is 0 Å². The maximum absolute atomic E-state index is 8.42. The predicted octanol–water partition coefficient (Wildman–Crippen LogP) is 2.34. The Labute approximate surface area is 93.9 Å². The summed E-state index contributed by atoms with van der Waals surface area (Å²) >= 11 is 0. The Hall–Kier alpha value is -1.02. The first-order valence-electron chi connectivity index (χ1n) is 6.76. The number of benzene rings is 1. The summed E-state index contributed by atoms with van der Waals surface area (Å²) in [6, 6.07) is 8.08. The molecule has 2 aliphatic rings. The van der Waals surface area contributed by atoms with Crippen molar-refractivity contribution in [1.82, 2.24) is 5.32 Å². The molecule has 2 heteroatoms. The molecule has 0 radical (unpaired) electrons. The van der Waals surface area contributed by atoms with Gasteiger partial charge in [-0.3, -0.25) is 0 Å². The molecule has 2 aliphatic heterocycles. The molecule has 2 atom stereocenters. The third-order valence-electron chi connectivity index (χ3n) is 3.30. The van der Waals surface area contributed by atoms with Crippen molar-refractivity contribution in [2.24, 2.45) is 0 Å². The molecule has 15 heavy (non-hydrogen) atoms. The molecule has 1 aromatic carbocycles. The third kappa shape index (κ3) is 1.74. The Balaban J connectivity index is 1.90. The molecule has 0 aromatic heterocycles. The first-order chi connectivity index (χ1) is 8.19. The number of anilines is 1. The van der Waals surface area contributed by atoms with E-state index in [1.54, 1.807) is 0 Å². The molecule has 1 fully saturated rings. The first kappa shape index (κ1) is 7.29. The summed E-state index contributed by atoms with van der Waals surface area (Å²) in [6.45, 7) is 1.66. The van der Waals surface area contributed by atoms with Gasteiger partial charge in [0.1, 0.15) is 0 Å². The Morgan fingerprint density at radius 1 is 1.40 bits per heavy atom. The second-order valence-corrected chi connectivity index (χ2v) is 4.34. The standard InChI is InChI=1S/C13H18N2/c1-2-6-13-12(5-1)10(9-15-13)8-11-4-3-7-14-11/h1-2,5-6,10-11,14-15H,3-4,7-9H2/t10?,11-/m1/s1/i8D2. The zero-order valence-corrected chi connectivity index (χ0v) is 8.79. The zero-order valence-electron chi connectivity index (χ0n) is 10.8. The van der Waals surface area contributed by atoms with Gasteiger partial charge < -0.3 is 10.6 Å². The van der Waals surface area contributed by atoms with E-state index in [4.69, 9.17) is 2.74 Å². The van der Waals surface area contributed by atoms with Gasteiger partial charge in [-0.2, -0.15) is 0 Å². The van der Waals surface area contributed by atoms with Gasteiger partial charge in [-0.05, 0) is 37.4 Å². The van der Waals surface area contributed by atoms with Crippen molar-refractivity contribution in [3.63, 3.8) is 0 Å². The molecule has 80 valence electrons. The molecule has 1 unspecified atom stereocenters. The van der Waals surface area contributed by atoms with E-state index in [1.165, 1.54) is 0 Å². The van der Waals surface area contributed by atoms with Crippen LogP contribution in [0.5, 0.6) is 0 Å². The van der Waals surface area contributed by atoms with Crippen LogP contribution in [0, 0.1) is 0 Å². The Bertz CT molecular complexity index is 414. The fourth-order valence-corrected chi connectivity index (χ4v) is 2.50. The van der Waals surface area contributed by atoms with Crippen molar-refractivity contribution in [2.45, 2.75) is 31.2 Å². The fraction of sp³-hybridized carbons (Fsp3) is 0.538. The van der Waals surface area contributed by atoms with E-state index in [-0.39, 0.29) is 12.0 Å². The average Bonchev–Trinajstić information content (AvgIpc) is 2.99. The number of nitrogens with one attached hydrogen (secondary N) is 2. The predicted molar refractivity (Wildman–Crippen MR) is 63.3 cm³/mol. The van der Waals surface area contributed by atoms with E-state index in [0.29, 0.717) is 6.54 Å². The third-order valence-corrected chi connectivity index (χ3v) is 3.30. The largest absolute Gasteiger partial charge is 0.384 e. The molecular weight excluding hydrogens is 184 g/mol. The highest BCUT2D eigenvalue weighted by atomic mass is 15.0. The summed E-state index contributed by atoms with van der Waals surface area (Å²) in [7, 11) is 0. The maximum atomic E-state index is 8.42. The summed E-state index contributed by atoms with van der Waals surface area (Å²) in [5.74, 6) is -0.0331. The molecule has 0 saturated carbocycles. The van der Waals surface area contributed by atoms with Crippen molar-refractivity contribution in [3.8, 4) is 0 Å². The van der Waals surface area contributed by atoms with E-state index in [2.05, 4.69) is 10.6 Å². The summed E-state index contributed by atoms with van der Waals surface area (Å²) in [5.41, 5.74) is 2.23. The van der Waals surface area contributed by atoms with Gasteiger partial charge in [-0.1, -0.05) is 18.2 Å². The Kier molecular flexibility index (Phi) is 1.87. The lowest BCUT2D eigenvalue weighted by Gasteiger charge is -2.15. The minimum Gasteiger partial charge on any atom is -0.384 e. The minimum absolute atomic E-state index is 0.000422. The lowest BCUT2D eigenvalue weighted by Crippen LogP contribution is -2.24. The second-order valence-electron chi connectivity index (χ2n) is 4.34. The maximum Gasteiger partial charge on any atom is 0.0376 e. The van der Waals surface area contributed by atoms with Crippen molar-refractivity contribution >= 4 is 5.69 Å². The van der Waals surface area contributed by atoms with Gasteiger partial charge in [0.05, 0.1) is 0 Å². The lowest BCUT2D eigenvalue weighted by atomic mass is 9.93. The zero-order chi connectivity index (χ0) is 11.9. The number of hydrogen-bond donors (Lipinski definition) is 2. The summed E-state index contributed by atoms with van der Waals surface area (Å²) in [4.78, 5) is 0. The van der Waals surface area contributed by atoms with Crippen LogP contribution >= 0.6 is 0 Å². The van der Waals surface area contributed by atoms with Crippen molar-refractivity contribution in [3.05, 3.63) is 29.8 Å². The van der Waals surface area contributed by atoms with Gasteiger partial charge in [0.25, 0.3) is 0 Å². The molecule has 0 aliphatic carbocycles. The molecule has 2 N–H and O–H groups in total. The molecule has 0 amide bonds. The quantitative estimate of drug-likeness (QED) is 0.772. The van der Waals surface area contributed by atoms with Crippen LogP contribution in [0.4, 0.5) is 5.69 Å². The Morgan fingerprint density at radius 3 is 3.20 bits per heavy atom. The van der Waals surface area contributed by atoms with E-state index >= 15 is 0 Å². The van der Waals surface area contributed by atoms with Crippen LogP contribution in [-0.2, 0) is 0 Å². The van der Waals surface area contributed by atoms with Gasteiger partial charge in [-0.25, -0.2) is 0 Å². The first-order valence-corrected chi connectivity index (χ1v) is 5.76. The number of para-hydroxylation sites is 1. The van der Waals surface area contributed by atoms with E-state index in [1.807, 2.05) is 24.3 Å². The van der Waals surface area contributed by atoms with Crippen LogP contribution in [-0.4, -0.2) is 19.1 Å². The van der Waals surface area contributed by atoms with Gasteiger partial charge in [0.15, 0.2) is 0 Å². The molecule has 2 nitrogen and oxygen atoms in total. The van der Waals surface area contributed by atoms with E-state index in [0.717, 1.165) is 30.6 Å². The second kappa shape index (κ2) is 3.86. The van der Waals surface area contributed by atoms with Crippen molar-refractivity contribution in [2.75, 3.05) is 18.4 Å². The van der Waals surface area contributed by atoms with Crippen LogP contribution in [0.25, 0.3) is 0 Å². The molecule has 3 rings (SSSR count). The van der Waals surface area contributed by atoms with Crippen LogP contribution in [0.3, 0.4) is 0 Å². The normalized spacial score (nSPS) is 31.7. The minimum atomic E-state index is -1.17. The van der Waals surface area contributed by atoms with Gasteiger partial charge in [0, 0.05) is 26.9 Å². The molecular formula is C13H18N2. The number of hydrogen-bond acceptors (Lipinski definition) is 2. The summed E-state index contributed by atoms with van der Waals surface area (Å²) < 4.78 is 16.8. The molecule has 1 saturated heterocycles. The molecule has 1 aromatic rings. The van der Waals surface area contributed by atoms with Gasteiger partial charge in [0.2, 0.25) is 0 Å². The molecule has 0 spiro atoms. The van der Waals surface area contributed by atoms with Gasteiger partial charge >= 0.3 is 0 Å². The number of fused-ring (bicyclic) bond motifs is 1. The smallest absolute Gasteiger partial charge is 0.0376 e. The van der Waals surface area contributed by atoms with Crippen molar-refractivity contribution < 1.29 is 2.74 Å². The molecule has 0 bridgehead atoms.